The van der Waals surface area contributed by atoms with Gasteiger partial charge in [-0.1, -0.05) is 47.5 Å². The van der Waals surface area contributed by atoms with Gasteiger partial charge in [-0.3, -0.25) is 9.00 Å². The fourth-order valence-electron chi connectivity index (χ4n) is 3.33. The van der Waals surface area contributed by atoms with Crippen LogP contribution in [0.25, 0.3) is 22.4 Å². The van der Waals surface area contributed by atoms with Crippen molar-refractivity contribution in [3.05, 3.63) is 59.9 Å². The highest BCUT2D eigenvalue weighted by Gasteiger charge is 2.36. The number of Topliss-reactive ketones (excluding diaryl/α,β-unsaturated/α-hetero) is 1. The SMILES string of the molecule is CNc1nc(C(F)(F)F)nc(-c2ccc(CS(=O)[O-])cc2)c1-c1ccc(S(=O)(=O)CC(C)=O)cc1. The Hall–Kier alpha value is -3.16. The van der Waals surface area contributed by atoms with Crippen molar-refractivity contribution in [2.75, 3.05) is 18.1 Å². The van der Waals surface area contributed by atoms with Gasteiger partial charge in [0.1, 0.15) is 17.4 Å². The van der Waals surface area contributed by atoms with Gasteiger partial charge in [-0.25, -0.2) is 18.4 Å². The summed E-state index contributed by atoms with van der Waals surface area (Å²) in [7, 11) is -2.49. The number of hydrogen-bond acceptors (Lipinski definition) is 8. The van der Waals surface area contributed by atoms with E-state index >= 15 is 0 Å². The number of hydrogen-bond donors (Lipinski definition) is 1. The minimum absolute atomic E-state index is 0.0918. The van der Waals surface area contributed by atoms with Crippen molar-refractivity contribution in [3.8, 4) is 22.4 Å². The minimum atomic E-state index is -4.84. The second-order valence-electron chi connectivity index (χ2n) is 7.50. The van der Waals surface area contributed by atoms with Crippen LogP contribution in [0.3, 0.4) is 0 Å². The maximum atomic E-state index is 13.5. The van der Waals surface area contributed by atoms with Crippen LogP contribution >= 0.6 is 0 Å². The van der Waals surface area contributed by atoms with E-state index < -0.39 is 44.5 Å². The van der Waals surface area contributed by atoms with Gasteiger partial charge < -0.3 is 9.87 Å². The molecular weight excluding hydrogens is 507 g/mol. The number of nitrogens with zero attached hydrogens (tertiary/aromatic N) is 2. The molecule has 35 heavy (non-hydrogen) atoms. The molecule has 0 aliphatic heterocycles. The van der Waals surface area contributed by atoms with E-state index in [1.54, 1.807) is 0 Å². The van der Waals surface area contributed by atoms with Crippen LogP contribution in [0.1, 0.15) is 18.3 Å². The molecule has 2 aromatic carbocycles. The van der Waals surface area contributed by atoms with E-state index in [0.29, 0.717) is 11.1 Å². The van der Waals surface area contributed by atoms with Crippen LogP contribution in [-0.2, 0) is 37.6 Å². The van der Waals surface area contributed by atoms with Gasteiger partial charge >= 0.3 is 6.18 Å². The lowest BCUT2D eigenvalue weighted by molar-refractivity contribution is -0.144. The van der Waals surface area contributed by atoms with Gasteiger partial charge in [0.2, 0.25) is 5.82 Å². The van der Waals surface area contributed by atoms with Crippen LogP contribution in [0.4, 0.5) is 19.0 Å². The first kappa shape index (κ1) is 26.4. The molecule has 0 spiro atoms. The van der Waals surface area contributed by atoms with Crippen LogP contribution < -0.4 is 5.32 Å². The highest BCUT2D eigenvalue weighted by Crippen LogP contribution is 2.39. The summed E-state index contributed by atoms with van der Waals surface area (Å²) in [6.45, 7) is 1.15. The molecule has 0 saturated carbocycles. The number of alkyl halides is 3. The predicted octanol–water partition coefficient (Wildman–Crippen LogP) is 3.61. The van der Waals surface area contributed by atoms with Crippen LogP contribution in [0.2, 0.25) is 0 Å². The Kier molecular flexibility index (Phi) is 7.72. The zero-order chi connectivity index (χ0) is 26.0. The fraction of sp³-hybridized carbons (Fsp3) is 0.227. The molecule has 0 amide bonds. The average Bonchev–Trinajstić information content (AvgIpc) is 2.77. The van der Waals surface area contributed by atoms with Crippen molar-refractivity contribution >= 4 is 32.5 Å². The molecule has 1 atom stereocenters. The Labute approximate surface area is 201 Å². The normalized spacial score (nSPS) is 12.9. The van der Waals surface area contributed by atoms with Gasteiger partial charge in [0.05, 0.1) is 16.2 Å². The molecule has 1 aromatic heterocycles. The zero-order valence-corrected chi connectivity index (χ0v) is 20.1. The molecule has 0 bridgehead atoms. The van der Waals surface area contributed by atoms with E-state index in [1.165, 1.54) is 55.6 Å². The molecule has 1 unspecified atom stereocenters. The number of aromatic nitrogens is 2. The number of carbonyl (C=O) groups excluding carboxylic acids is 1. The highest BCUT2D eigenvalue weighted by molar-refractivity contribution is 7.92. The van der Waals surface area contributed by atoms with Gasteiger partial charge in [-0.05, 0) is 30.2 Å². The molecular formula is C22H19F3N3O5S2-. The van der Waals surface area contributed by atoms with Crippen LogP contribution in [0, 0.1) is 0 Å². The predicted molar refractivity (Wildman–Crippen MR) is 123 cm³/mol. The topological polar surface area (TPSA) is 129 Å². The van der Waals surface area contributed by atoms with Crippen LogP contribution in [-0.4, -0.2) is 45.7 Å². The van der Waals surface area contributed by atoms with E-state index in [4.69, 9.17) is 0 Å². The zero-order valence-electron chi connectivity index (χ0n) is 18.4. The molecule has 1 heterocycles. The summed E-state index contributed by atoms with van der Waals surface area (Å²) in [6.07, 6.45) is -4.84. The first-order valence-electron chi connectivity index (χ1n) is 9.96. The average molecular weight is 527 g/mol. The third-order valence-electron chi connectivity index (χ3n) is 4.81. The molecule has 13 heteroatoms. The van der Waals surface area contributed by atoms with E-state index in [-0.39, 0.29) is 33.3 Å². The smallest absolute Gasteiger partial charge is 0.451 e. The summed E-state index contributed by atoms with van der Waals surface area (Å²) in [6, 6.07) is 11.1. The van der Waals surface area contributed by atoms with Gasteiger partial charge in [0.25, 0.3) is 0 Å². The maximum absolute atomic E-state index is 13.5. The van der Waals surface area contributed by atoms with Gasteiger partial charge in [0, 0.05) is 18.4 Å². The van der Waals surface area contributed by atoms with E-state index in [1.807, 2.05) is 0 Å². The lowest BCUT2D eigenvalue weighted by atomic mass is 9.98. The number of rotatable bonds is 8. The summed E-state index contributed by atoms with van der Waals surface area (Å²) < 4.78 is 87.1. The molecule has 0 aliphatic rings. The summed E-state index contributed by atoms with van der Waals surface area (Å²) in [5.74, 6) is -3.00. The van der Waals surface area contributed by atoms with E-state index in [9.17, 15) is 35.1 Å². The fourth-order valence-corrected chi connectivity index (χ4v) is 5.04. The monoisotopic (exact) mass is 526 g/mol. The van der Waals surface area contributed by atoms with Crippen molar-refractivity contribution in [1.82, 2.24) is 9.97 Å². The van der Waals surface area contributed by atoms with Crippen LogP contribution in [0.15, 0.2) is 53.4 Å². The Morgan fingerprint density at radius 1 is 1.03 bits per heavy atom. The molecule has 0 saturated heterocycles. The summed E-state index contributed by atoms with van der Waals surface area (Å²) in [5, 5.41) is 2.63. The number of anilines is 1. The second-order valence-corrected chi connectivity index (χ2v) is 10.4. The molecule has 3 aromatic rings. The van der Waals surface area contributed by atoms with Crippen molar-refractivity contribution in [2.45, 2.75) is 23.7 Å². The van der Waals surface area contributed by atoms with Gasteiger partial charge in [0.15, 0.2) is 9.84 Å². The number of carbonyl (C=O) groups is 1. The summed E-state index contributed by atoms with van der Waals surface area (Å²) >= 11 is -2.34. The van der Waals surface area contributed by atoms with Crippen molar-refractivity contribution < 1.29 is 35.1 Å². The van der Waals surface area contributed by atoms with Gasteiger partial charge in [-0.15, -0.1) is 0 Å². The van der Waals surface area contributed by atoms with Crippen LogP contribution in [0.5, 0.6) is 0 Å². The first-order chi connectivity index (χ1) is 16.3. The molecule has 3 rings (SSSR count). The van der Waals surface area contributed by atoms with E-state index in [0.717, 1.165) is 6.92 Å². The molecule has 0 fully saturated rings. The lowest BCUT2D eigenvalue weighted by Crippen LogP contribution is -2.15. The Morgan fingerprint density at radius 2 is 1.60 bits per heavy atom. The number of sulfone groups is 1. The number of ketones is 1. The van der Waals surface area contributed by atoms with Crippen molar-refractivity contribution in [1.29, 1.82) is 0 Å². The maximum Gasteiger partial charge on any atom is 0.451 e. The molecule has 0 aliphatic carbocycles. The summed E-state index contributed by atoms with van der Waals surface area (Å²) in [4.78, 5) is 18.5. The number of nitrogens with one attached hydrogen (secondary N) is 1. The molecule has 8 nitrogen and oxygen atoms in total. The van der Waals surface area contributed by atoms with Gasteiger partial charge in [-0.2, -0.15) is 13.2 Å². The Morgan fingerprint density at radius 3 is 2.09 bits per heavy atom. The molecule has 0 radical (unpaired) electrons. The Balaban J connectivity index is 2.20. The third-order valence-corrected chi connectivity index (χ3v) is 7.15. The first-order valence-corrected chi connectivity index (χ1v) is 12.9. The minimum Gasteiger partial charge on any atom is -0.772 e. The molecule has 1 N–H and O–H groups in total. The number of halogens is 3. The standard InChI is InChI=1S/C22H20F3N3O5S2/c1-13(29)12-35(32,33)17-9-7-15(8-10-17)18-19(16-5-3-14(4-6-16)11-34(30)31)27-21(22(23,24)25)28-20(18)26-2/h3-10H,11-12H2,1-2H3,(H,30,31)(H,26,27,28)/p-1. The summed E-state index contributed by atoms with van der Waals surface area (Å²) in [5.41, 5.74) is 1.10. The van der Waals surface area contributed by atoms with E-state index in [2.05, 4.69) is 15.3 Å². The highest BCUT2D eigenvalue weighted by atomic mass is 32.2. The largest absolute Gasteiger partial charge is 0.772 e. The number of benzene rings is 2. The van der Waals surface area contributed by atoms with Crippen molar-refractivity contribution in [3.63, 3.8) is 0 Å². The lowest BCUT2D eigenvalue weighted by Gasteiger charge is -2.17. The third kappa shape index (κ3) is 6.29. The molecule has 186 valence electrons. The van der Waals surface area contributed by atoms with Crippen molar-refractivity contribution in [2.24, 2.45) is 0 Å². The second kappa shape index (κ2) is 10.2. The Bertz CT molecular complexity index is 1380. The quantitative estimate of drug-likeness (QED) is 0.441.